The van der Waals surface area contributed by atoms with Gasteiger partial charge in [-0.2, -0.15) is 4.99 Å². The van der Waals surface area contributed by atoms with E-state index in [1.165, 1.54) is 0 Å². The lowest BCUT2D eigenvalue weighted by molar-refractivity contribution is -0.130. The number of amidine groups is 1. The van der Waals surface area contributed by atoms with E-state index in [2.05, 4.69) is 26.2 Å². The maximum absolute atomic E-state index is 12.9. The van der Waals surface area contributed by atoms with Crippen molar-refractivity contribution in [1.82, 2.24) is 4.90 Å². The zero-order valence-electron chi connectivity index (χ0n) is 12.8. The Morgan fingerprint density at radius 3 is 2.91 bits per heavy atom. The molecule has 2 aliphatic heterocycles. The minimum Gasteiger partial charge on any atom is -0.324 e. The first kappa shape index (κ1) is 15.7. The van der Waals surface area contributed by atoms with Crippen LogP contribution in [0.1, 0.15) is 18.9 Å². The molecule has 5 nitrogen and oxygen atoms in total. The fourth-order valence-electron chi connectivity index (χ4n) is 2.70. The first-order valence-electron chi connectivity index (χ1n) is 7.23. The Hall–Kier alpha value is -2.21. The van der Waals surface area contributed by atoms with E-state index < -0.39 is 5.54 Å². The van der Waals surface area contributed by atoms with Crippen LogP contribution >= 0.6 is 15.9 Å². The normalized spacial score (nSPS) is 22.7. The molecule has 1 N–H and O–H groups in total. The number of hydrogen-bond donors (Lipinski definition) is 1. The van der Waals surface area contributed by atoms with Crippen molar-refractivity contribution in [2.45, 2.75) is 25.8 Å². The van der Waals surface area contributed by atoms with E-state index in [4.69, 9.17) is 0 Å². The zero-order chi connectivity index (χ0) is 16.6. The lowest BCUT2D eigenvalue weighted by Crippen LogP contribution is -2.58. The Balaban J connectivity index is 1.91. The van der Waals surface area contributed by atoms with Gasteiger partial charge in [0.05, 0.1) is 6.42 Å². The van der Waals surface area contributed by atoms with Crippen LogP contribution in [0.3, 0.4) is 0 Å². The minimum atomic E-state index is -1.01. The molecule has 3 rings (SSSR count). The second-order valence-electron chi connectivity index (χ2n) is 5.80. The lowest BCUT2D eigenvalue weighted by Gasteiger charge is -2.41. The first-order chi connectivity index (χ1) is 10.9. The van der Waals surface area contributed by atoms with E-state index >= 15 is 0 Å². The van der Waals surface area contributed by atoms with Crippen LogP contribution in [0.2, 0.25) is 0 Å². The number of allylic oxidation sites excluding steroid dienone is 2. The van der Waals surface area contributed by atoms with Gasteiger partial charge in [0.2, 0.25) is 0 Å². The Kier molecular flexibility index (Phi) is 3.93. The molecule has 2 amide bonds. The maximum Gasteiger partial charge on any atom is 0.250 e. The number of hydrogen-bond acceptors (Lipinski definition) is 3. The van der Waals surface area contributed by atoms with Crippen molar-refractivity contribution in [2.24, 2.45) is 4.99 Å². The van der Waals surface area contributed by atoms with E-state index in [1.54, 1.807) is 30.2 Å². The first-order valence-corrected chi connectivity index (χ1v) is 8.03. The number of nitrogens with zero attached hydrogens (tertiary/aromatic N) is 2. The molecule has 0 radical (unpaired) electrons. The van der Waals surface area contributed by atoms with Crippen molar-refractivity contribution in [1.29, 1.82) is 0 Å². The van der Waals surface area contributed by atoms with Crippen LogP contribution in [0.15, 0.2) is 52.1 Å². The predicted octanol–water partition coefficient (Wildman–Crippen LogP) is 3.17. The standard InChI is InChI=1S/C17H16BrN3O2/c1-11-9-12(18)6-7-13(11)19-16(23)17(2)10-15(22)20-14-5-3-4-8-21(14)17/h3-9H,10H2,1-2H3,(H,19,23). The Bertz CT molecular complexity index is 782. The van der Waals surface area contributed by atoms with Crippen molar-refractivity contribution in [2.75, 3.05) is 5.32 Å². The van der Waals surface area contributed by atoms with Crippen LogP contribution in [0, 0.1) is 6.92 Å². The van der Waals surface area contributed by atoms with Crippen LogP contribution in [-0.4, -0.2) is 28.1 Å². The molecule has 0 aromatic heterocycles. The molecule has 23 heavy (non-hydrogen) atoms. The van der Waals surface area contributed by atoms with Crippen molar-refractivity contribution >= 4 is 39.3 Å². The van der Waals surface area contributed by atoms with Gasteiger partial charge in [-0.3, -0.25) is 9.59 Å². The summed E-state index contributed by atoms with van der Waals surface area (Å²) in [5, 5.41) is 2.93. The van der Waals surface area contributed by atoms with Crippen molar-refractivity contribution < 1.29 is 9.59 Å². The summed E-state index contributed by atoms with van der Waals surface area (Å²) in [6.07, 6.45) is 7.17. The molecule has 0 bridgehead atoms. The van der Waals surface area contributed by atoms with Crippen LogP contribution in [-0.2, 0) is 9.59 Å². The highest BCUT2D eigenvalue weighted by molar-refractivity contribution is 9.10. The molecular weight excluding hydrogens is 358 g/mol. The molecule has 0 spiro atoms. The van der Waals surface area contributed by atoms with E-state index in [9.17, 15) is 9.59 Å². The number of carbonyl (C=O) groups excluding carboxylic acids is 2. The third-order valence-electron chi connectivity index (χ3n) is 4.03. The quantitative estimate of drug-likeness (QED) is 0.865. The summed E-state index contributed by atoms with van der Waals surface area (Å²) >= 11 is 3.41. The highest BCUT2D eigenvalue weighted by Crippen LogP contribution is 2.30. The van der Waals surface area contributed by atoms with Crippen LogP contribution in [0.5, 0.6) is 0 Å². The maximum atomic E-state index is 12.9. The molecule has 2 heterocycles. The largest absolute Gasteiger partial charge is 0.324 e. The van der Waals surface area contributed by atoms with E-state index in [1.807, 2.05) is 31.2 Å². The summed E-state index contributed by atoms with van der Waals surface area (Å²) in [6, 6.07) is 5.64. The Labute approximate surface area is 142 Å². The highest BCUT2D eigenvalue weighted by Gasteiger charge is 2.45. The summed E-state index contributed by atoms with van der Waals surface area (Å²) < 4.78 is 0.950. The summed E-state index contributed by atoms with van der Waals surface area (Å²) in [7, 11) is 0. The number of anilines is 1. The Morgan fingerprint density at radius 1 is 1.39 bits per heavy atom. The zero-order valence-corrected chi connectivity index (χ0v) is 14.4. The fraction of sp³-hybridized carbons (Fsp3) is 0.235. The minimum absolute atomic E-state index is 0.0378. The Morgan fingerprint density at radius 2 is 2.17 bits per heavy atom. The number of fused-ring (bicyclic) bond motifs is 1. The number of rotatable bonds is 2. The van der Waals surface area contributed by atoms with Gasteiger partial charge < -0.3 is 10.2 Å². The van der Waals surface area contributed by atoms with Crippen LogP contribution in [0.4, 0.5) is 5.69 Å². The van der Waals surface area contributed by atoms with Crippen molar-refractivity contribution in [3.05, 3.63) is 52.7 Å². The second kappa shape index (κ2) is 5.77. The molecule has 0 aliphatic carbocycles. The number of halogens is 1. The summed E-state index contributed by atoms with van der Waals surface area (Å²) in [5.41, 5.74) is 0.670. The summed E-state index contributed by atoms with van der Waals surface area (Å²) in [4.78, 5) is 30.6. The van der Waals surface area contributed by atoms with Gasteiger partial charge in [-0.1, -0.05) is 22.0 Å². The van der Waals surface area contributed by atoms with Gasteiger partial charge in [0.15, 0.2) is 0 Å². The number of aliphatic imine (C=N–C) groups is 1. The van der Waals surface area contributed by atoms with Gasteiger partial charge >= 0.3 is 0 Å². The van der Waals surface area contributed by atoms with Gasteiger partial charge in [0.1, 0.15) is 11.4 Å². The molecule has 0 fully saturated rings. The van der Waals surface area contributed by atoms with Gasteiger partial charge in [-0.25, -0.2) is 0 Å². The number of nitrogens with one attached hydrogen (secondary N) is 1. The average molecular weight is 374 g/mol. The van der Waals surface area contributed by atoms with Crippen molar-refractivity contribution in [3.63, 3.8) is 0 Å². The predicted molar refractivity (Wildman–Crippen MR) is 93.1 cm³/mol. The lowest BCUT2D eigenvalue weighted by atomic mass is 9.91. The van der Waals surface area contributed by atoms with Crippen molar-refractivity contribution in [3.8, 4) is 0 Å². The monoisotopic (exact) mass is 373 g/mol. The van der Waals surface area contributed by atoms with E-state index in [0.29, 0.717) is 5.84 Å². The number of aryl methyl sites for hydroxylation is 1. The summed E-state index contributed by atoms with van der Waals surface area (Å²) in [6.45, 7) is 3.68. The van der Waals surface area contributed by atoms with Gasteiger partial charge in [-0.05, 0) is 49.8 Å². The molecular formula is C17H16BrN3O2. The second-order valence-corrected chi connectivity index (χ2v) is 6.71. The molecule has 1 aromatic rings. The van der Waals surface area contributed by atoms with Crippen LogP contribution in [0.25, 0.3) is 0 Å². The van der Waals surface area contributed by atoms with E-state index in [-0.39, 0.29) is 18.2 Å². The van der Waals surface area contributed by atoms with Gasteiger partial charge in [-0.15, -0.1) is 0 Å². The SMILES string of the molecule is Cc1cc(Br)ccc1NC(=O)C1(C)CC(=O)N=C2C=CC=CN21. The number of carbonyl (C=O) groups is 2. The molecule has 6 heteroatoms. The number of benzene rings is 1. The highest BCUT2D eigenvalue weighted by atomic mass is 79.9. The average Bonchev–Trinajstić information content (AvgIpc) is 2.49. The molecule has 1 atom stereocenters. The van der Waals surface area contributed by atoms with E-state index in [0.717, 1.165) is 15.7 Å². The smallest absolute Gasteiger partial charge is 0.250 e. The molecule has 0 saturated heterocycles. The molecule has 2 aliphatic rings. The topological polar surface area (TPSA) is 61.8 Å². The van der Waals surface area contributed by atoms with Gasteiger partial charge in [0.25, 0.3) is 11.8 Å². The molecule has 1 aromatic carbocycles. The third kappa shape index (κ3) is 2.86. The molecule has 118 valence electrons. The number of amides is 2. The third-order valence-corrected chi connectivity index (χ3v) is 4.52. The van der Waals surface area contributed by atoms with Crippen LogP contribution < -0.4 is 5.32 Å². The fourth-order valence-corrected chi connectivity index (χ4v) is 3.18. The molecule has 1 unspecified atom stereocenters. The molecule has 0 saturated carbocycles. The van der Waals surface area contributed by atoms with Gasteiger partial charge in [0, 0.05) is 16.4 Å². The summed E-state index contributed by atoms with van der Waals surface area (Å²) in [5.74, 6) is -0.0288.